The number of aromatic nitrogens is 1. The fraction of sp³-hybridized carbons (Fsp3) is 0.365. The van der Waals surface area contributed by atoms with Gasteiger partial charge in [-0.1, -0.05) is 76.2 Å². The molecule has 0 amide bonds. The summed E-state index contributed by atoms with van der Waals surface area (Å²) in [5, 5.41) is 74.7. The predicted octanol–water partition coefficient (Wildman–Crippen LogP) is 7.46. The summed E-state index contributed by atoms with van der Waals surface area (Å²) in [5.74, 6) is 0.000209. The van der Waals surface area contributed by atoms with Gasteiger partial charge >= 0.3 is 0 Å². The number of ketones is 1. The lowest BCUT2D eigenvalue weighted by molar-refractivity contribution is -0.123. The van der Waals surface area contributed by atoms with Gasteiger partial charge in [-0.3, -0.25) is 10.1 Å². The first kappa shape index (κ1) is 48.7. The lowest BCUT2D eigenvalue weighted by Crippen LogP contribution is -2.41. The Morgan fingerprint density at radius 1 is 0.909 bits per heavy atom. The number of methoxy groups -OCH3 is 1. The number of aromatic hydroxyl groups is 3. The number of benzene rings is 5. The lowest BCUT2D eigenvalue weighted by atomic mass is 9.80. The summed E-state index contributed by atoms with van der Waals surface area (Å²) < 4.78 is 12.0. The van der Waals surface area contributed by atoms with Crippen molar-refractivity contribution in [2.24, 2.45) is 5.92 Å². The molecule has 4 unspecified atom stereocenters. The number of aliphatic hydroxyl groups excluding tert-OH is 2. The Morgan fingerprint density at radius 2 is 1.68 bits per heavy atom. The van der Waals surface area contributed by atoms with Crippen molar-refractivity contribution in [3.63, 3.8) is 0 Å². The monoisotopic (exact) mass is 935 g/mol. The number of phenolic OH excluding ortho intramolecular Hbond substituents is 3. The van der Waals surface area contributed by atoms with Gasteiger partial charge < -0.3 is 50.4 Å². The van der Waals surface area contributed by atoms with Crippen molar-refractivity contribution in [1.82, 2.24) is 15.6 Å². The summed E-state index contributed by atoms with van der Waals surface area (Å²) in [4.78, 5) is 18.2. The molecule has 0 spiro atoms. The number of phenols is 3. The number of hydrogen-bond donors (Lipinski definition) is 9. The highest BCUT2D eigenvalue weighted by Gasteiger charge is 2.32. The quantitative estimate of drug-likeness (QED) is 0.0386. The number of aromatic amines is 1. The zero-order chi connectivity index (χ0) is 46.8. The molecule has 5 aromatic carbocycles. The van der Waals surface area contributed by atoms with E-state index < -0.39 is 23.5 Å². The molecule has 0 saturated carbocycles. The van der Waals surface area contributed by atoms with E-state index in [1.807, 2.05) is 68.0 Å². The van der Waals surface area contributed by atoms with Crippen LogP contribution in [0.3, 0.4) is 0 Å². The molecule has 1 aromatic heterocycles. The first-order valence-electron chi connectivity index (χ1n) is 22.3. The minimum Gasteiger partial charge on any atom is -0.508 e. The number of ether oxygens (including phenoxy) is 2. The number of Topliss-reactive ketones (excluding diaryl/α,β-unsaturated/α-hetero) is 1. The molecule has 0 aliphatic carbocycles. The Bertz CT molecular complexity index is 2580. The summed E-state index contributed by atoms with van der Waals surface area (Å²) in [6.45, 7) is 2.56. The van der Waals surface area contributed by atoms with E-state index in [2.05, 4.69) is 21.7 Å². The van der Waals surface area contributed by atoms with E-state index in [1.165, 1.54) is 28.7 Å². The fourth-order valence-electron chi connectivity index (χ4n) is 9.14. The van der Waals surface area contributed by atoms with Gasteiger partial charge in [0.05, 0.1) is 18.8 Å². The first-order valence-corrected chi connectivity index (χ1v) is 24.8. The Balaban J connectivity index is 1.24. The second kappa shape index (κ2) is 22.5. The van der Waals surface area contributed by atoms with Gasteiger partial charge in [-0.25, -0.2) is 0 Å². The van der Waals surface area contributed by atoms with Crippen LogP contribution in [0.25, 0.3) is 10.8 Å². The molecule has 0 bridgehead atoms. The highest BCUT2D eigenvalue weighted by molar-refractivity contribution is 8.76. The van der Waals surface area contributed by atoms with Crippen LogP contribution in [-0.4, -0.2) is 92.9 Å². The lowest BCUT2D eigenvalue weighted by Gasteiger charge is -2.27. The van der Waals surface area contributed by atoms with Crippen LogP contribution in [0.2, 0.25) is 0 Å². The van der Waals surface area contributed by atoms with Crippen LogP contribution in [0.5, 0.6) is 28.7 Å². The number of hydrogen-bond acceptors (Lipinski definition) is 13. The zero-order valence-corrected chi connectivity index (χ0v) is 39.3. The van der Waals surface area contributed by atoms with Gasteiger partial charge in [0, 0.05) is 73.5 Å². The van der Waals surface area contributed by atoms with E-state index in [1.54, 1.807) is 37.3 Å². The van der Waals surface area contributed by atoms with Gasteiger partial charge in [0.1, 0.15) is 18.3 Å². The molecule has 6 aromatic rings. The number of β-amino-alcohol motifs (C(OH)–C–C–N with tert-alkyl or cyclic N) is 1. The Morgan fingerprint density at radius 3 is 2.42 bits per heavy atom. The van der Waals surface area contributed by atoms with Crippen LogP contribution in [-0.2, 0) is 49.2 Å². The number of aliphatic hydroxyl groups is 3. The van der Waals surface area contributed by atoms with Crippen molar-refractivity contribution < 1.29 is 44.9 Å². The van der Waals surface area contributed by atoms with Gasteiger partial charge in [0.2, 0.25) is 0 Å². The number of carbonyl (C=O) groups is 1. The molecule has 12 nitrogen and oxygen atoms in total. The van der Waals surface area contributed by atoms with Crippen LogP contribution >= 0.6 is 21.6 Å². The van der Waals surface area contributed by atoms with Gasteiger partial charge in [-0.05, 0) is 126 Å². The van der Waals surface area contributed by atoms with Crippen LogP contribution in [0.4, 0.5) is 0 Å². The SMILES string of the molecule is CNCc1cc(O)cc(C(Cc2ccc(O)c3c2CSSCC(C)(O)CNCO3)C(=O)CC(O)C(Cc2cc[nH]c2)Cc2ccc(O)c(OC)c2Cc2cccc3cccc(CCO)c23)c1. The Kier molecular flexibility index (Phi) is 16.6. The molecule has 1 aliphatic rings. The van der Waals surface area contributed by atoms with Crippen LogP contribution in [0, 0.1) is 5.92 Å². The van der Waals surface area contributed by atoms with Gasteiger partial charge in [-0.2, -0.15) is 0 Å². The van der Waals surface area contributed by atoms with Crippen molar-refractivity contribution in [2.75, 3.05) is 39.8 Å². The number of fused-ring (bicyclic) bond motifs is 2. The van der Waals surface area contributed by atoms with E-state index in [0.717, 1.165) is 55.3 Å². The maximum atomic E-state index is 15.1. The van der Waals surface area contributed by atoms with Gasteiger partial charge in [0.15, 0.2) is 23.0 Å². The smallest absolute Gasteiger partial charge is 0.167 e. The van der Waals surface area contributed by atoms with Crippen LogP contribution in [0.1, 0.15) is 69.3 Å². The van der Waals surface area contributed by atoms with Gasteiger partial charge in [0.25, 0.3) is 0 Å². The minimum atomic E-state index is -1.11. The maximum absolute atomic E-state index is 15.1. The van der Waals surface area contributed by atoms with Crippen LogP contribution < -0.4 is 20.1 Å². The largest absolute Gasteiger partial charge is 0.508 e. The average Bonchev–Trinajstić information content (AvgIpc) is 3.80. The van der Waals surface area contributed by atoms with E-state index in [-0.39, 0.29) is 49.2 Å². The Hall–Kier alpha value is -5.19. The summed E-state index contributed by atoms with van der Waals surface area (Å²) in [7, 11) is 6.38. The van der Waals surface area contributed by atoms with Crippen molar-refractivity contribution in [3.8, 4) is 28.7 Å². The molecular formula is C52H61N3O9S2. The van der Waals surface area contributed by atoms with Crippen molar-refractivity contribution in [2.45, 2.75) is 75.4 Å². The predicted molar refractivity (Wildman–Crippen MR) is 263 cm³/mol. The second-order valence-electron chi connectivity index (χ2n) is 17.5. The molecule has 350 valence electrons. The Labute approximate surface area is 394 Å². The second-order valence-corrected chi connectivity index (χ2v) is 19.9. The van der Waals surface area contributed by atoms with Crippen LogP contribution in [0.15, 0.2) is 97.3 Å². The molecule has 0 radical (unpaired) electrons. The molecule has 0 fully saturated rings. The zero-order valence-electron chi connectivity index (χ0n) is 37.7. The van der Waals surface area contributed by atoms with Crippen molar-refractivity contribution in [1.29, 1.82) is 0 Å². The molecule has 66 heavy (non-hydrogen) atoms. The minimum absolute atomic E-state index is 0.00147. The highest BCUT2D eigenvalue weighted by Crippen LogP contribution is 2.42. The topological polar surface area (TPSA) is 197 Å². The van der Waals surface area contributed by atoms with Crippen molar-refractivity contribution in [3.05, 3.63) is 147 Å². The summed E-state index contributed by atoms with van der Waals surface area (Å²) in [6.07, 6.45) is 4.28. The molecule has 2 heterocycles. The summed E-state index contributed by atoms with van der Waals surface area (Å²) in [6, 6.07) is 26.1. The normalized spacial score (nSPS) is 17.0. The molecule has 4 atom stereocenters. The third-order valence-corrected chi connectivity index (χ3v) is 14.9. The molecule has 9 N–H and O–H groups in total. The van der Waals surface area contributed by atoms with E-state index in [4.69, 9.17) is 9.47 Å². The third kappa shape index (κ3) is 12.0. The first-order chi connectivity index (χ1) is 31.9. The third-order valence-electron chi connectivity index (χ3n) is 12.4. The highest BCUT2D eigenvalue weighted by atomic mass is 33.1. The molecule has 14 heteroatoms. The summed E-state index contributed by atoms with van der Waals surface area (Å²) >= 11 is 0. The molecule has 0 saturated heterocycles. The van der Waals surface area contributed by atoms with E-state index >= 15 is 4.79 Å². The number of carbonyl (C=O) groups excluding carboxylic acids is 1. The van der Waals surface area contributed by atoms with Crippen molar-refractivity contribution >= 4 is 38.1 Å². The fourth-order valence-corrected chi connectivity index (χ4v) is 11.7. The molecule has 1 aliphatic heterocycles. The molecule has 7 rings (SSSR count). The number of nitrogens with one attached hydrogen (secondary N) is 3. The summed E-state index contributed by atoms with van der Waals surface area (Å²) in [5.41, 5.74) is 6.50. The standard InChI is InChI=1S/C52H61N3O9S2/c1-52(62)29-55-31-64-51-44(28-65-66-30-52)37(11-13-46(51)59)23-42(39-19-33(26-53-2)20-41(57)22-39)48(61)25-47(60)40(18-32-14-16-54-27-32)21-36-10-12-45(58)50(63-3)43(36)24-38-9-5-7-34-6-4-8-35(15-17-56)49(34)38/h4-14,16,19-20,22,27,40,42,47,53-60,62H,15,17-18,21,23-26,28-31H2,1-3H3. The molecular weight excluding hydrogens is 875 g/mol. The maximum Gasteiger partial charge on any atom is 0.167 e. The number of H-pyrrole nitrogens is 1. The van der Waals surface area contributed by atoms with E-state index in [9.17, 15) is 30.6 Å². The number of rotatable bonds is 18. The van der Waals surface area contributed by atoms with E-state index in [0.29, 0.717) is 67.3 Å². The van der Waals surface area contributed by atoms with Gasteiger partial charge in [-0.15, -0.1) is 0 Å². The average molecular weight is 936 g/mol.